The van der Waals surface area contributed by atoms with Crippen LogP contribution in [0.15, 0.2) is 22.7 Å². The van der Waals surface area contributed by atoms with E-state index in [0.717, 1.165) is 35.8 Å². The highest BCUT2D eigenvalue weighted by molar-refractivity contribution is 9.10. The Bertz CT molecular complexity index is 444. The van der Waals surface area contributed by atoms with Gasteiger partial charge in [0.25, 0.3) is 0 Å². The molecule has 1 rings (SSSR count). The molecule has 1 atom stereocenters. The maximum atomic E-state index is 14.4. The lowest BCUT2D eigenvalue weighted by Crippen LogP contribution is -2.53. The average molecular weight is 359 g/mol. The normalized spacial score (nSPS) is 13.7. The first kappa shape index (κ1) is 18.6. The number of benzene rings is 1. The molecule has 0 amide bonds. The molecule has 0 aromatic heterocycles. The van der Waals surface area contributed by atoms with Crippen molar-refractivity contribution >= 4 is 15.9 Å². The lowest BCUT2D eigenvalue weighted by Gasteiger charge is -2.46. The summed E-state index contributed by atoms with van der Waals surface area (Å²) in [7, 11) is 4.17. The largest absolute Gasteiger partial charge is 0.308 e. The molecule has 1 unspecified atom stereocenters. The molecule has 0 heterocycles. The van der Waals surface area contributed by atoms with Crippen molar-refractivity contribution in [3.05, 3.63) is 34.1 Å². The zero-order chi connectivity index (χ0) is 16.0. The van der Waals surface area contributed by atoms with Gasteiger partial charge in [0.2, 0.25) is 0 Å². The highest BCUT2D eigenvalue weighted by atomic mass is 79.9. The summed E-state index contributed by atoms with van der Waals surface area (Å²) in [6.45, 7) is 7.38. The molecule has 4 heteroatoms. The molecule has 0 radical (unpaired) electrons. The number of likely N-dealkylation sites (N-methyl/N-ethyl adjacent to an activating group) is 1. The summed E-state index contributed by atoms with van der Waals surface area (Å²) in [6.07, 6.45) is 2.96. The van der Waals surface area contributed by atoms with E-state index in [4.69, 9.17) is 0 Å². The van der Waals surface area contributed by atoms with E-state index >= 15 is 0 Å². The molecule has 0 aliphatic carbocycles. The quantitative estimate of drug-likeness (QED) is 0.721. The van der Waals surface area contributed by atoms with E-state index in [-0.39, 0.29) is 17.4 Å². The minimum absolute atomic E-state index is 0.0278. The molecule has 0 saturated carbocycles. The number of nitrogens with one attached hydrogen (secondary N) is 1. The van der Waals surface area contributed by atoms with E-state index in [2.05, 4.69) is 61.0 Å². The first-order chi connectivity index (χ1) is 9.92. The Kier molecular flexibility index (Phi) is 7.31. The van der Waals surface area contributed by atoms with Crippen molar-refractivity contribution in [1.82, 2.24) is 10.2 Å². The van der Waals surface area contributed by atoms with Crippen LogP contribution in [0.2, 0.25) is 0 Å². The topological polar surface area (TPSA) is 15.3 Å². The van der Waals surface area contributed by atoms with E-state index in [1.54, 1.807) is 12.1 Å². The van der Waals surface area contributed by atoms with Gasteiger partial charge in [0, 0.05) is 15.6 Å². The zero-order valence-corrected chi connectivity index (χ0v) is 15.4. The standard InChI is InChI=1S/C17H28BrFN2/c1-6-11-20-16(17(7-2,8-3)21(4)5)14-12-13(18)9-10-15(14)19/h9-10,12,16,20H,6-8,11H2,1-5H3. The van der Waals surface area contributed by atoms with Gasteiger partial charge < -0.3 is 10.2 Å². The second kappa shape index (κ2) is 8.25. The SMILES string of the molecule is CCCNC(c1cc(Br)ccc1F)C(CC)(CC)N(C)C. The molecule has 1 aromatic rings. The van der Waals surface area contributed by atoms with Gasteiger partial charge in [-0.25, -0.2) is 4.39 Å². The van der Waals surface area contributed by atoms with Gasteiger partial charge >= 0.3 is 0 Å². The maximum Gasteiger partial charge on any atom is 0.128 e. The zero-order valence-electron chi connectivity index (χ0n) is 13.8. The summed E-state index contributed by atoms with van der Waals surface area (Å²) < 4.78 is 15.4. The van der Waals surface area contributed by atoms with Gasteiger partial charge in [-0.2, -0.15) is 0 Å². The molecule has 2 nitrogen and oxygen atoms in total. The van der Waals surface area contributed by atoms with Crippen LogP contribution in [-0.4, -0.2) is 31.1 Å². The molecule has 120 valence electrons. The van der Waals surface area contributed by atoms with Gasteiger partial charge in [-0.1, -0.05) is 36.7 Å². The lowest BCUT2D eigenvalue weighted by atomic mass is 9.79. The third-order valence-corrected chi connectivity index (χ3v) is 5.01. The Labute approximate surface area is 137 Å². The fourth-order valence-electron chi connectivity index (χ4n) is 3.16. The minimum atomic E-state index is -0.139. The molecular weight excluding hydrogens is 331 g/mol. The molecule has 0 fully saturated rings. The smallest absolute Gasteiger partial charge is 0.128 e. The van der Waals surface area contributed by atoms with Crippen LogP contribution < -0.4 is 5.32 Å². The van der Waals surface area contributed by atoms with Crippen LogP contribution >= 0.6 is 15.9 Å². The van der Waals surface area contributed by atoms with Gasteiger partial charge in [-0.15, -0.1) is 0 Å². The molecule has 0 spiro atoms. The molecule has 0 aliphatic heterocycles. The Morgan fingerprint density at radius 1 is 1.24 bits per heavy atom. The van der Waals surface area contributed by atoms with E-state index in [1.165, 1.54) is 0 Å². The number of nitrogens with zero attached hydrogens (tertiary/aromatic N) is 1. The van der Waals surface area contributed by atoms with Crippen LogP contribution in [0.5, 0.6) is 0 Å². The van der Waals surface area contributed by atoms with E-state index in [1.807, 2.05) is 6.07 Å². The highest BCUT2D eigenvalue weighted by Gasteiger charge is 2.39. The van der Waals surface area contributed by atoms with Crippen LogP contribution in [-0.2, 0) is 0 Å². The first-order valence-corrected chi connectivity index (χ1v) is 8.58. The summed E-state index contributed by atoms with van der Waals surface area (Å²) in [6, 6.07) is 5.18. The van der Waals surface area contributed by atoms with Crippen molar-refractivity contribution in [1.29, 1.82) is 0 Å². The molecule has 0 bridgehead atoms. The highest BCUT2D eigenvalue weighted by Crippen LogP contribution is 2.37. The summed E-state index contributed by atoms with van der Waals surface area (Å²) in [4.78, 5) is 2.24. The number of rotatable bonds is 8. The van der Waals surface area contributed by atoms with E-state index < -0.39 is 0 Å². The van der Waals surface area contributed by atoms with Gasteiger partial charge in [-0.05, 0) is 58.1 Å². The predicted molar refractivity (Wildman–Crippen MR) is 92.1 cm³/mol. The number of hydrogen-bond acceptors (Lipinski definition) is 2. The van der Waals surface area contributed by atoms with Gasteiger partial charge in [0.05, 0.1) is 6.04 Å². The average Bonchev–Trinajstić information content (AvgIpc) is 2.46. The lowest BCUT2D eigenvalue weighted by molar-refractivity contribution is 0.0864. The van der Waals surface area contributed by atoms with Crippen LogP contribution in [0.4, 0.5) is 4.39 Å². The van der Waals surface area contributed by atoms with Gasteiger partial charge in [0.1, 0.15) is 5.82 Å². The summed E-state index contributed by atoms with van der Waals surface area (Å²) in [5.41, 5.74) is 0.645. The molecule has 1 aromatic carbocycles. The van der Waals surface area contributed by atoms with Gasteiger partial charge in [0.15, 0.2) is 0 Å². The van der Waals surface area contributed by atoms with Crippen molar-refractivity contribution in [2.45, 2.75) is 51.6 Å². The maximum absolute atomic E-state index is 14.4. The fourth-order valence-corrected chi connectivity index (χ4v) is 3.54. The Balaban J connectivity index is 3.35. The van der Waals surface area contributed by atoms with Crippen molar-refractivity contribution in [3.8, 4) is 0 Å². The van der Waals surface area contributed by atoms with Gasteiger partial charge in [-0.3, -0.25) is 0 Å². The molecular formula is C17H28BrFN2. The first-order valence-electron chi connectivity index (χ1n) is 7.78. The fraction of sp³-hybridized carbons (Fsp3) is 0.647. The third kappa shape index (κ3) is 4.05. The number of hydrogen-bond donors (Lipinski definition) is 1. The van der Waals surface area contributed by atoms with Crippen LogP contribution in [0.25, 0.3) is 0 Å². The Morgan fingerprint density at radius 2 is 1.86 bits per heavy atom. The Hall–Kier alpha value is -0.450. The monoisotopic (exact) mass is 358 g/mol. The van der Waals surface area contributed by atoms with E-state index in [9.17, 15) is 4.39 Å². The minimum Gasteiger partial charge on any atom is -0.308 e. The van der Waals surface area contributed by atoms with Crippen molar-refractivity contribution in [2.24, 2.45) is 0 Å². The second-order valence-corrected chi connectivity index (χ2v) is 6.67. The molecule has 0 aliphatic rings. The molecule has 21 heavy (non-hydrogen) atoms. The Morgan fingerprint density at radius 3 is 2.33 bits per heavy atom. The summed E-state index contributed by atoms with van der Waals surface area (Å²) in [5, 5.41) is 3.58. The van der Waals surface area contributed by atoms with Crippen molar-refractivity contribution in [3.63, 3.8) is 0 Å². The molecule has 1 N–H and O–H groups in total. The van der Waals surface area contributed by atoms with E-state index in [0.29, 0.717) is 0 Å². The predicted octanol–water partition coefficient (Wildman–Crippen LogP) is 4.75. The van der Waals surface area contributed by atoms with Crippen molar-refractivity contribution in [2.75, 3.05) is 20.6 Å². The van der Waals surface area contributed by atoms with Crippen LogP contribution in [0.1, 0.15) is 51.6 Å². The summed E-state index contributed by atoms with van der Waals surface area (Å²) in [5.74, 6) is -0.139. The van der Waals surface area contributed by atoms with Crippen molar-refractivity contribution < 1.29 is 4.39 Å². The summed E-state index contributed by atoms with van der Waals surface area (Å²) >= 11 is 3.47. The van der Waals surface area contributed by atoms with Crippen LogP contribution in [0.3, 0.4) is 0 Å². The number of halogens is 2. The van der Waals surface area contributed by atoms with Crippen LogP contribution in [0, 0.1) is 5.82 Å². The third-order valence-electron chi connectivity index (χ3n) is 4.52. The molecule has 0 saturated heterocycles. The second-order valence-electron chi connectivity index (χ2n) is 5.76.